The van der Waals surface area contributed by atoms with Crippen LogP contribution in [0.15, 0.2) is 46.7 Å². The van der Waals surface area contributed by atoms with Crippen molar-refractivity contribution < 1.29 is 26.4 Å². The predicted octanol–water partition coefficient (Wildman–Crippen LogP) is 4.81. The van der Waals surface area contributed by atoms with Crippen molar-refractivity contribution in [3.63, 3.8) is 0 Å². The molecule has 1 aliphatic rings. The van der Waals surface area contributed by atoms with Crippen LogP contribution >= 0.6 is 11.3 Å². The molecule has 2 N–H and O–H groups in total. The second-order valence-electron chi connectivity index (χ2n) is 9.02. The van der Waals surface area contributed by atoms with Crippen LogP contribution in [0.25, 0.3) is 16.4 Å². The van der Waals surface area contributed by atoms with Crippen molar-refractivity contribution in [1.29, 1.82) is 0 Å². The topological polar surface area (TPSA) is 108 Å². The van der Waals surface area contributed by atoms with Crippen LogP contribution < -0.4 is 5.14 Å². The minimum absolute atomic E-state index is 0.0123. The Morgan fingerprint density at radius 3 is 2.32 bits per heavy atom. The molecule has 0 spiro atoms. The van der Waals surface area contributed by atoms with E-state index in [-0.39, 0.29) is 17.8 Å². The van der Waals surface area contributed by atoms with Crippen LogP contribution in [0.3, 0.4) is 0 Å². The molecule has 1 aliphatic carbocycles. The van der Waals surface area contributed by atoms with E-state index in [2.05, 4.69) is 4.98 Å². The number of thiazole rings is 1. The van der Waals surface area contributed by atoms with Crippen molar-refractivity contribution in [2.75, 3.05) is 0 Å². The molecule has 0 unspecified atom stereocenters. The number of aromatic nitrogens is 3. The van der Waals surface area contributed by atoms with Crippen molar-refractivity contribution in [2.45, 2.75) is 37.5 Å². The molecule has 1 fully saturated rings. The van der Waals surface area contributed by atoms with E-state index in [0.717, 1.165) is 30.7 Å². The Labute approximate surface area is 214 Å². The lowest BCUT2D eigenvalue weighted by Crippen LogP contribution is -2.16. The van der Waals surface area contributed by atoms with Gasteiger partial charge in [-0.1, -0.05) is 0 Å². The standard InChI is InChI=1S/C25H21F3N4O3S2/c1-13(33)21-12-36-25(30-21)32-22(11-14-2-3-14)18(23(31-32)16-4-6-17(26)7-5-16)8-15-9-19(27)24(20(28)10-15)37(29,34)35/h4-7,9-10,12,14H,2-3,8,11H2,1H3,(H2,29,34,35). The first-order valence-electron chi connectivity index (χ1n) is 11.4. The summed E-state index contributed by atoms with van der Waals surface area (Å²) >= 11 is 1.24. The Morgan fingerprint density at radius 2 is 1.78 bits per heavy atom. The summed E-state index contributed by atoms with van der Waals surface area (Å²) in [6, 6.07) is 7.56. The van der Waals surface area contributed by atoms with Gasteiger partial charge in [0, 0.05) is 29.9 Å². The maximum atomic E-state index is 14.6. The molecule has 0 atom stereocenters. The van der Waals surface area contributed by atoms with Crippen LogP contribution in [-0.2, 0) is 22.9 Å². The molecule has 12 heteroatoms. The second-order valence-corrected chi connectivity index (χ2v) is 11.4. The number of Topliss-reactive ketones (excluding diaryl/α,β-unsaturated/α-hetero) is 1. The van der Waals surface area contributed by atoms with E-state index in [1.54, 1.807) is 22.2 Å². The first kappa shape index (κ1) is 25.3. The van der Waals surface area contributed by atoms with Crippen LogP contribution in [0.1, 0.15) is 47.1 Å². The zero-order chi connectivity index (χ0) is 26.5. The zero-order valence-electron chi connectivity index (χ0n) is 19.5. The third-order valence-corrected chi connectivity index (χ3v) is 7.92. The molecule has 0 amide bonds. The van der Waals surface area contributed by atoms with Gasteiger partial charge >= 0.3 is 0 Å². The van der Waals surface area contributed by atoms with Gasteiger partial charge in [0.2, 0.25) is 15.2 Å². The number of ketones is 1. The molecule has 192 valence electrons. The minimum atomic E-state index is -4.60. The lowest BCUT2D eigenvalue weighted by molar-refractivity contribution is 0.101. The van der Waals surface area contributed by atoms with Gasteiger partial charge in [0.05, 0.1) is 11.4 Å². The molecule has 2 heterocycles. The Kier molecular flexibility index (Phi) is 6.50. The molecule has 7 nitrogen and oxygen atoms in total. The van der Waals surface area contributed by atoms with E-state index < -0.39 is 32.4 Å². The van der Waals surface area contributed by atoms with Gasteiger partial charge < -0.3 is 0 Å². The number of sulfonamides is 1. The fourth-order valence-corrected chi connectivity index (χ4v) is 5.69. The van der Waals surface area contributed by atoms with Crippen molar-refractivity contribution in [3.05, 3.63) is 81.7 Å². The summed E-state index contributed by atoms with van der Waals surface area (Å²) in [7, 11) is -4.60. The summed E-state index contributed by atoms with van der Waals surface area (Å²) in [6.45, 7) is 1.41. The summed E-state index contributed by atoms with van der Waals surface area (Å²) in [6.07, 6.45) is 2.65. The number of hydrogen-bond acceptors (Lipinski definition) is 6. The first-order valence-corrected chi connectivity index (χ1v) is 13.8. The van der Waals surface area contributed by atoms with E-state index in [0.29, 0.717) is 40.0 Å². The Hall–Kier alpha value is -3.35. The molecular weight excluding hydrogens is 525 g/mol. The largest absolute Gasteiger partial charge is 0.293 e. The Morgan fingerprint density at radius 1 is 1.14 bits per heavy atom. The highest BCUT2D eigenvalue weighted by Crippen LogP contribution is 2.38. The van der Waals surface area contributed by atoms with Crippen LogP contribution in [0.5, 0.6) is 0 Å². The number of nitrogens with zero attached hydrogens (tertiary/aromatic N) is 3. The summed E-state index contributed by atoms with van der Waals surface area (Å²) in [5, 5.41) is 11.8. The average molecular weight is 547 g/mol. The number of nitrogens with two attached hydrogens (primary N) is 1. The molecule has 0 aliphatic heterocycles. The Bertz CT molecular complexity index is 1600. The smallest absolute Gasteiger partial charge is 0.243 e. The molecule has 0 saturated heterocycles. The number of halogens is 3. The average Bonchev–Trinajstić information content (AvgIpc) is 3.36. The number of rotatable bonds is 8. The molecule has 0 radical (unpaired) electrons. The summed E-state index contributed by atoms with van der Waals surface area (Å²) < 4.78 is 67.9. The van der Waals surface area contributed by atoms with Gasteiger partial charge in [0.15, 0.2) is 10.7 Å². The highest BCUT2D eigenvalue weighted by Gasteiger charge is 2.30. The zero-order valence-corrected chi connectivity index (χ0v) is 21.2. The van der Waals surface area contributed by atoms with Crippen LogP contribution in [-0.4, -0.2) is 29.0 Å². The van der Waals surface area contributed by atoms with Crippen molar-refractivity contribution in [2.24, 2.45) is 11.1 Å². The second kappa shape index (κ2) is 9.51. The van der Waals surface area contributed by atoms with Crippen LogP contribution in [0.4, 0.5) is 13.2 Å². The van der Waals surface area contributed by atoms with Crippen molar-refractivity contribution >= 4 is 27.1 Å². The summed E-state index contributed by atoms with van der Waals surface area (Å²) in [4.78, 5) is 15.1. The lowest BCUT2D eigenvalue weighted by atomic mass is 9.97. The molecule has 4 aromatic rings. The van der Waals surface area contributed by atoms with Gasteiger partial charge in [-0.15, -0.1) is 11.3 Å². The number of carbonyl (C=O) groups is 1. The quantitative estimate of drug-likeness (QED) is 0.319. The molecule has 1 saturated carbocycles. The van der Waals surface area contributed by atoms with Crippen LogP contribution in [0.2, 0.25) is 0 Å². The van der Waals surface area contributed by atoms with Crippen molar-refractivity contribution in [3.8, 4) is 16.4 Å². The maximum absolute atomic E-state index is 14.6. The third-order valence-electron chi connectivity index (χ3n) is 6.14. The minimum Gasteiger partial charge on any atom is -0.293 e. The van der Waals surface area contributed by atoms with Gasteiger partial charge in [-0.05, 0) is 67.1 Å². The van der Waals surface area contributed by atoms with Gasteiger partial charge in [-0.3, -0.25) is 4.79 Å². The molecular formula is C25H21F3N4O3S2. The van der Waals surface area contributed by atoms with Crippen molar-refractivity contribution in [1.82, 2.24) is 14.8 Å². The van der Waals surface area contributed by atoms with E-state index >= 15 is 0 Å². The fraction of sp³-hybridized carbons (Fsp3) is 0.240. The molecule has 5 rings (SSSR count). The third kappa shape index (κ3) is 5.22. The summed E-state index contributed by atoms with van der Waals surface area (Å²) in [5.41, 5.74) is 2.90. The van der Waals surface area contributed by atoms with Gasteiger partial charge in [0.25, 0.3) is 0 Å². The van der Waals surface area contributed by atoms with Gasteiger partial charge in [-0.25, -0.2) is 36.4 Å². The predicted molar refractivity (Wildman–Crippen MR) is 132 cm³/mol. The molecule has 2 aromatic heterocycles. The normalized spacial score (nSPS) is 13.8. The monoisotopic (exact) mass is 546 g/mol. The fourth-order valence-electron chi connectivity index (χ4n) is 4.19. The van der Waals surface area contributed by atoms with E-state index in [4.69, 9.17) is 10.2 Å². The first-order chi connectivity index (χ1) is 17.5. The highest BCUT2D eigenvalue weighted by molar-refractivity contribution is 7.89. The number of hydrogen-bond donors (Lipinski definition) is 1. The van der Waals surface area contributed by atoms with Gasteiger partial charge in [0.1, 0.15) is 23.1 Å². The SMILES string of the molecule is CC(=O)c1csc(-n2nc(-c3ccc(F)cc3)c(Cc3cc(F)c(S(N)(=O)=O)c(F)c3)c2CC2CC2)n1. The number of benzene rings is 2. The molecule has 0 bridgehead atoms. The van der Waals surface area contributed by atoms with E-state index in [1.165, 1.54) is 30.4 Å². The lowest BCUT2D eigenvalue weighted by Gasteiger charge is -2.10. The van der Waals surface area contributed by atoms with E-state index in [9.17, 15) is 26.4 Å². The number of carbonyl (C=O) groups excluding carboxylic acids is 1. The molecule has 37 heavy (non-hydrogen) atoms. The summed E-state index contributed by atoms with van der Waals surface area (Å²) in [5.74, 6) is -2.82. The number of primary sulfonamides is 1. The van der Waals surface area contributed by atoms with E-state index in [1.807, 2.05) is 0 Å². The highest BCUT2D eigenvalue weighted by atomic mass is 32.2. The Balaban J connectivity index is 1.69. The van der Waals surface area contributed by atoms with Gasteiger partial charge in [-0.2, -0.15) is 5.10 Å². The maximum Gasteiger partial charge on any atom is 0.243 e. The molecule has 2 aromatic carbocycles. The van der Waals surface area contributed by atoms with Crippen LogP contribution in [0, 0.1) is 23.4 Å².